The zero-order valence-electron chi connectivity index (χ0n) is 37.8. The van der Waals surface area contributed by atoms with Crippen molar-refractivity contribution in [1.82, 2.24) is 0 Å². The number of unbranched alkanes of at least 4 members (excludes halogenated alkanes) is 23. The number of ether oxygens (including phenoxy) is 3. The molecule has 332 valence electrons. The first-order valence-corrected chi connectivity index (χ1v) is 24.0. The van der Waals surface area contributed by atoms with Crippen LogP contribution in [0.4, 0.5) is 0 Å². The van der Waals surface area contributed by atoms with Gasteiger partial charge in [0.1, 0.15) is 13.2 Å². The highest BCUT2D eigenvalue weighted by Crippen LogP contribution is 2.14. The summed E-state index contributed by atoms with van der Waals surface area (Å²) in [5.74, 6) is -0.994. The number of carbonyl (C=O) groups excluding carboxylic acids is 3. The van der Waals surface area contributed by atoms with Gasteiger partial charge in [0, 0.05) is 19.3 Å². The number of carbonyl (C=O) groups is 3. The van der Waals surface area contributed by atoms with Gasteiger partial charge in [-0.2, -0.15) is 0 Å². The van der Waals surface area contributed by atoms with E-state index in [1.165, 1.54) is 116 Å². The van der Waals surface area contributed by atoms with Crippen LogP contribution in [0.3, 0.4) is 0 Å². The molecule has 0 aromatic carbocycles. The van der Waals surface area contributed by atoms with E-state index in [0.717, 1.165) is 57.8 Å². The summed E-state index contributed by atoms with van der Waals surface area (Å²) >= 11 is 0. The van der Waals surface area contributed by atoms with Crippen molar-refractivity contribution < 1.29 is 28.6 Å². The Morgan fingerprint density at radius 3 is 1.14 bits per heavy atom. The minimum absolute atomic E-state index is 0.106. The molecule has 0 heterocycles. The molecule has 58 heavy (non-hydrogen) atoms. The Morgan fingerprint density at radius 1 is 0.362 bits per heavy atom. The molecule has 0 bridgehead atoms. The second-order valence-electron chi connectivity index (χ2n) is 15.8. The van der Waals surface area contributed by atoms with Gasteiger partial charge in [-0.25, -0.2) is 0 Å². The smallest absolute Gasteiger partial charge is 0.306 e. The number of hydrogen-bond acceptors (Lipinski definition) is 6. The fraction of sp³-hybridized carbons (Fsp3) is 0.712. The van der Waals surface area contributed by atoms with Crippen molar-refractivity contribution in [2.45, 2.75) is 226 Å². The maximum atomic E-state index is 12.7. The maximum Gasteiger partial charge on any atom is 0.306 e. The highest BCUT2D eigenvalue weighted by Gasteiger charge is 2.19. The monoisotopic (exact) mass is 809 g/mol. The van der Waals surface area contributed by atoms with Crippen molar-refractivity contribution in [3.05, 3.63) is 72.9 Å². The summed E-state index contributed by atoms with van der Waals surface area (Å²) in [5, 5.41) is 0. The minimum Gasteiger partial charge on any atom is -0.462 e. The van der Waals surface area contributed by atoms with Crippen LogP contribution >= 0.6 is 0 Å². The molecule has 0 saturated heterocycles. The second-order valence-corrected chi connectivity index (χ2v) is 15.8. The average molecular weight is 809 g/mol. The molecule has 0 aromatic rings. The minimum atomic E-state index is -0.811. The Morgan fingerprint density at radius 2 is 0.707 bits per heavy atom. The standard InChI is InChI=1S/C52H88O6/c1-4-7-10-13-16-19-21-23-24-25-26-27-29-30-33-36-39-42-45-51(54)57-48-49(47-56-50(53)44-41-38-35-32-18-15-12-9-6-3)58-52(55)46-43-40-37-34-31-28-22-20-17-14-11-8-5-2/h8,11,14,17,20,22,26-28,31,34,37,49H,4-7,9-10,12-13,15-16,18-19,21,23-25,29-30,32-33,35-36,38-48H2,1-3H3/b11-8-,17-14-,22-20-,27-26-,31-28-,37-34-. The van der Waals surface area contributed by atoms with Crippen LogP contribution in [0.15, 0.2) is 72.9 Å². The van der Waals surface area contributed by atoms with Crippen molar-refractivity contribution in [2.75, 3.05) is 13.2 Å². The summed E-state index contributed by atoms with van der Waals surface area (Å²) in [6.07, 6.45) is 57.6. The largest absolute Gasteiger partial charge is 0.462 e. The lowest BCUT2D eigenvalue weighted by Crippen LogP contribution is -2.30. The van der Waals surface area contributed by atoms with E-state index in [4.69, 9.17) is 14.2 Å². The lowest BCUT2D eigenvalue weighted by molar-refractivity contribution is -0.167. The quantitative estimate of drug-likeness (QED) is 0.0201. The zero-order chi connectivity index (χ0) is 42.3. The average Bonchev–Trinajstić information content (AvgIpc) is 3.22. The lowest BCUT2D eigenvalue weighted by atomic mass is 10.1. The first-order chi connectivity index (χ1) is 28.5. The molecule has 0 rings (SSSR count). The number of rotatable bonds is 42. The third-order valence-corrected chi connectivity index (χ3v) is 10.1. The Kier molecular flexibility index (Phi) is 44.0. The van der Waals surface area contributed by atoms with Gasteiger partial charge in [-0.15, -0.1) is 0 Å². The van der Waals surface area contributed by atoms with E-state index in [1.54, 1.807) is 0 Å². The third kappa shape index (κ3) is 44.0. The highest BCUT2D eigenvalue weighted by molar-refractivity contribution is 5.71. The van der Waals surface area contributed by atoms with Crippen LogP contribution in [-0.4, -0.2) is 37.2 Å². The van der Waals surface area contributed by atoms with E-state index in [1.807, 2.05) is 54.7 Å². The predicted molar refractivity (Wildman–Crippen MR) is 247 cm³/mol. The van der Waals surface area contributed by atoms with E-state index in [2.05, 4.69) is 39.0 Å². The molecule has 6 nitrogen and oxygen atoms in total. The van der Waals surface area contributed by atoms with Crippen LogP contribution in [0.5, 0.6) is 0 Å². The van der Waals surface area contributed by atoms with Crippen LogP contribution in [0.1, 0.15) is 220 Å². The molecule has 0 aliphatic rings. The molecule has 6 heteroatoms. The fourth-order valence-corrected chi connectivity index (χ4v) is 6.47. The van der Waals surface area contributed by atoms with Gasteiger partial charge in [0.15, 0.2) is 6.10 Å². The van der Waals surface area contributed by atoms with Gasteiger partial charge >= 0.3 is 17.9 Å². The molecule has 0 aliphatic heterocycles. The van der Waals surface area contributed by atoms with Crippen molar-refractivity contribution in [3.63, 3.8) is 0 Å². The summed E-state index contributed by atoms with van der Waals surface area (Å²) in [5.41, 5.74) is 0. The highest BCUT2D eigenvalue weighted by atomic mass is 16.6. The van der Waals surface area contributed by atoms with Gasteiger partial charge in [0.25, 0.3) is 0 Å². The summed E-state index contributed by atoms with van der Waals surface area (Å²) in [4.78, 5) is 37.7. The summed E-state index contributed by atoms with van der Waals surface area (Å²) < 4.78 is 16.6. The Labute approximate surface area is 357 Å². The van der Waals surface area contributed by atoms with E-state index in [-0.39, 0.29) is 37.5 Å². The Hall–Kier alpha value is -3.15. The first-order valence-electron chi connectivity index (χ1n) is 24.0. The van der Waals surface area contributed by atoms with Crippen molar-refractivity contribution >= 4 is 17.9 Å². The maximum absolute atomic E-state index is 12.7. The molecule has 0 spiro atoms. The summed E-state index contributed by atoms with van der Waals surface area (Å²) in [6, 6.07) is 0. The van der Waals surface area contributed by atoms with Crippen LogP contribution in [0, 0.1) is 0 Å². The predicted octanol–water partition coefficient (Wildman–Crippen LogP) is 15.5. The molecule has 0 radical (unpaired) electrons. The number of hydrogen-bond donors (Lipinski definition) is 0. The van der Waals surface area contributed by atoms with E-state index >= 15 is 0 Å². The van der Waals surface area contributed by atoms with Crippen molar-refractivity contribution in [3.8, 4) is 0 Å². The molecule has 0 N–H and O–H groups in total. The van der Waals surface area contributed by atoms with Gasteiger partial charge in [-0.1, -0.05) is 216 Å². The van der Waals surface area contributed by atoms with E-state index in [0.29, 0.717) is 19.3 Å². The van der Waals surface area contributed by atoms with Crippen LogP contribution in [0.2, 0.25) is 0 Å². The number of esters is 3. The molecule has 1 atom stereocenters. The van der Waals surface area contributed by atoms with Crippen LogP contribution in [-0.2, 0) is 28.6 Å². The summed E-state index contributed by atoms with van der Waals surface area (Å²) in [6.45, 7) is 6.39. The third-order valence-electron chi connectivity index (χ3n) is 10.1. The van der Waals surface area contributed by atoms with E-state index < -0.39 is 6.10 Å². The fourth-order valence-electron chi connectivity index (χ4n) is 6.47. The summed E-state index contributed by atoms with van der Waals surface area (Å²) in [7, 11) is 0. The van der Waals surface area contributed by atoms with Crippen molar-refractivity contribution in [1.29, 1.82) is 0 Å². The Bertz CT molecular complexity index is 1110. The molecule has 0 fully saturated rings. The Balaban J connectivity index is 4.42. The molecular formula is C52H88O6. The first kappa shape index (κ1) is 54.9. The van der Waals surface area contributed by atoms with Gasteiger partial charge in [0.2, 0.25) is 0 Å². The normalized spacial score (nSPS) is 12.7. The SMILES string of the molecule is CC\C=C/C=C\C=C/C=C\C=C/CCCC(=O)OC(COC(=O)CCCCCCC/C=C\CCCCCCCCCCC)COC(=O)CCCCCCCCCCC. The lowest BCUT2D eigenvalue weighted by Gasteiger charge is -2.18. The zero-order valence-corrected chi connectivity index (χ0v) is 37.8. The van der Waals surface area contributed by atoms with Gasteiger partial charge in [0.05, 0.1) is 0 Å². The van der Waals surface area contributed by atoms with Gasteiger partial charge < -0.3 is 14.2 Å². The molecule has 0 amide bonds. The molecule has 0 saturated carbocycles. The van der Waals surface area contributed by atoms with Crippen LogP contribution < -0.4 is 0 Å². The molecule has 0 aromatic heterocycles. The number of allylic oxidation sites excluding steroid dienone is 12. The molecule has 1 unspecified atom stereocenters. The van der Waals surface area contributed by atoms with Crippen LogP contribution in [0.25, 0.3) is 0 Å². The molecular weight excluding hydrogens is 721 g/mol. The van der Waals surface area contributed by atoms with Crippen molar-refractivity contribution in [2.24, 2.45) is 0 Å². The second kappa shape index (κ2) is 46.5. The van der Waals surface area contributed by atoms with Gasteiger partial charge in [-0.05, 0) is 57.8 Å². The topological polar surface area (TPSA) is 78.9 Å². The molecule has 0 aliphatic carbocycles. The van der Waals surface area contributed by atoms with Gasteiger partial charge in [-0.3, -0.25) is 14.4 Å². The van der Waals surface area contributed by atoms with E-state index in [9.17, 15) is 14.4 Å².